The number of hydrogen-bond acceptors (Lipinski definition) is 6. The van der Waals surface area contributed by atoms with Crippen molar-refractivity contribution in [1.82, 2.24) is 0 Å². The van der Waals surface area contributed by atoms with Gasteiger partial charge in [0.15, 0.2) is 0 Å². The summed E-state index contributed by atoms with van der Waals surface area (Å²) in [6.45, 7) is 4.09. The van der Waals surface area contributed by atoms with E-state index in [9.17, 15) is 14.9 Å². The molecule has 2 aromatic carbocycles. The van der Waals surface area contributed by atoms with E-state index < -0.39 is 11.9 Å². The first-order valence-electron chi connectivity index (χ1n) is 9.81. The van der Waals surface area contributed by atoms with Gasteiger partial charge in [-0.25, -0.2) is 4.79 Å². The Kier molecular flexibility index (Phi) is 7.42. The van der Waals surface area contributed by atoms with E-state index in [1.54, 1.807) is 31.2 Å². The second-order valence-electron chi connectivity index (χ2n) is 6.95. The highest BCUT2D eigenvalue weighted by Crippen LogP contribution is 2.33. The molecule has 6 nitrogen and oxygen atoms in total. The zero-order chi connectivity index (χ0) is 23.1. The minimum Gasteiger partial charge on any atom is -0.489 e. The Labute approximate surface area is 190 Å². The molecule has 0 unspecified atom stereocenters. The van der Waals surface area contributed by atoms with Gasteiger partial charge in [-0.05, 0) is 48.7 Å². The van der Waals surface area contributed by atoms with Gasteiger partial charge in [-0.15, -0.1) is 11.3 Å². The first-order chi connectivity index (χ1) is 15.4. The van der Waals surface area contributed by atoms with E-state index >= 15 is 0 Å². The second kappa shape index (κ2) is 10.4. The molecule has 0 atom stereocenters. The number of benzene rings is 2. The SMILES string of the molecule is COC(=O)c1c(NC(=O)/C(C#N)=C/c2ccc(OCc3ccccc3)cc2)sc(C)c1C. The number of anilines is 1. The van der Waals surface area contributed by atoms with Gasteiger partial charge in [-0.3, -0.25) is 4.79 Å². The monoisotopic (exact) mass is 446 g/mol. The van der Waals surface area contributed by atoms with E-state index in [0.717, 1.165) is 16.0 Å². The van der Waals surface area contributed by atoms with E-state index in [-0.39, 0.29) is 5.57 Å². The standard InChI is InChI=1S/C25H22N2O4S/c1-16-17(2)32-24(22(16)25(29)30-3)27-23(28)20(14-26)13-18-9-11-21(12-10-18)31-15-19-7-5-4-6-8-19/h4-13H,15H2,1-3H3,(H,27,28)/b20-13+. The molecular formula is C25H22N2O4S. The maximum absolute atomic E-state index is 12.7. The molecule has 0 saturated carbocycles. The van der Waals surface area contributed by atoms with Gasteiger partial charge in [0, 0.05) is 4.88 Å². The predicted octanol–water partition coefficient (Wildman–Crippen LogP) is 5.28. The molecule has 0 radical (unpaired) electrons. The molecule has 0 saturated heterocycles. The third-order valence-electron chi connectivity index (χ3n) is 4.81. The lowest BCUT2D eigenvalue weighted by Gasteiger charge is -2.07. The molecule has 0 aliphatic rings. The van der Waals surface area contributed by atoms with Gasteiger partial charge >= 0.3 is 5.97 Å². The van der Waals surface area contributed by atoms with Gasteiger partial charge in [0.25, 0.3) is 5.91 Å². The van der Waals surface area contributed by atoms with Crippen LogP contribution in [0.2, 0.25) is 0 Å². The number of nitrogens with zero attached hydrogens (tertiary/aromatic N) is 1. The van der Waals surface area contributed by atoms with E-state index in [2.05, 4.69) is 5.32 Å². The fraction of sp³-hybridized carbons (Fsp3) is 0.160. The molecule has 32 heavy (non-hydrogen) atoms. The van der Waals surface area contributed by atoms with Crippen LogP contribution in [0, 0.1) is 25.2 Å². The van der Waals surface area contributed by atoms with Crippen LogP contribution in [0.4, 0.5) is 5.00 Å². The fourth-order valence-electron chi connectivity index (χ4n) is 2.95. The van der Waals surface area contributed by atoms with Crippen LogP contribution in [-0.2, 0) is 16.1 Å². The number of thiophene rings is 1. The van der Waals surface area contributed by atoms with Crippen molar-refractivity contribution in [3.05, 3.63) is 87.3 Å². The van der Waals surface area contributed by atoms with E-state index in [4.69, 9.17) is 9.47 Å². The molecule has 3 aromatic rings. The Morgan fingerprint density at radius 2 is 1.78 bits per heavy atom. The zero-order valence-electron chi connectivity index (χ0n) is 18.0. The number of nitrogens with one attached hydrogen (secondary N) is 1. The number of rotatable bonds is 7. The van der Waals surface area contributed by atoms with Crippen molar-refractivity contribution in [3.8, 4) is 11.8 Å². The molecule has 0 spiro atoms. The summed E-state index contributed by atoms with van der Waals surface area (Å²) in [4.78, 5) is 25.7. The van der Waals surface area contributed by atoms with Gasteiger partial charge in [0.2, 0.25) is 0 Å². The summed E-state index contributed by atoms with van der Waals surface area (Å²) in [6, 6.07) is 18.8. The summed E-state index contributed by atoms with van der Waals surface area (Å²) in [5.41, 5.74) is 2.70. The van der Waals surface area contributed by atoms with Gasteiger partial charge < -0.3 is 14.8 Å². The van der Waals surface area contributed by atoms with Crippen LogP contribution in [0.25, 0.3) is 6.08 Å². The van der Waals surface area contributed by atoms with Crippen molar-refractivity contribution in [2.24, 2.45) is 0 Å². The summed E-state index contributed by atoms with van der Waals surface area (Å²) >= 11 is 1.27. The van der Waals surface area contributed by atoms with E-state index in [0.29, 0.717) is 28.5 Å². The number of methoxy groups -OCH3 is 1. The van der Waals surface area contributed by atoms with Crippen LogP contribution in [-0.4, -0.2) is 19.0 Å². The van der Waals surface area contributed by atoms with E-state index in [1.165, 1.54) is 24.5 Å². The summed E-state index contributed by atoms with van der Waals surface area (Å²) in [5, 5.41) is 12.5. The minimum absolute atomic E-state index is 0.0810. The van der Waals surface area contributed by atoms with Crippen LogP contribution in [0.1, 0.15) is 31.9 Å². The van der Waals surface area contributed by atoms with Gasteiger partial charge in [-0.2, -0.15) is 5.26 Å². The number of hydrogen-bond donors (Lipinski definition) is 1. The summed E-state index contributed by atoms with van der Waals surface area (Å²) in [5.74, 6) is -0.444. The average molecular weight is 447 g/mol. The fourth-order valence-corrected chi connectivity index (χ4v) is 3.99. The molecule has 1 aromatic heterocycles. The molecule has 3 rings (SSSR count). The number of nitriles is 1. The quantitative estimate of drug-likeness (QED) is 0.303. The predicted molar refractivity (Wildman–Crippen MR) is 125 cm³/mol. The Hall–Kier alpha value is -3.89. The normalized spacial score (nSPS) is 10.9. The Morgan fingerprint density at radius 1 is 1.09 bits per heavy atom. The van der Waals surface area contributed by atoms with Crippen LogP contribution in [0.3, 0.4) is 0 Å². The number of aryl methyl sites for hydroxylation is 1. The van der Waals surface area contributed by atoms with Crippen LogP contribution in [0.5, 0.6) is 5.75 Å². The Balaban J connectivity index is 1.72. The average Bonchev–Trinajstić information content (AvgIpc) is 3.09. The highest BCUT2D eigenvalue weighted by atomic mass is 32.1. The third-order valence-corrected chi connectivity index (χ3v) is 5.93. The topological polar surface area (TPSA) is 88.4 Å². The molecule has 0 fully saturated rings. The molecule has 0 aliphatic heterocycles. The maximum Gasteiger partial charge on any atom is 0.341 e. The van der Waals surface area contributed by atoms with Crippen LogP contribution in [0.15, 0.2) is 60.2 Å². The van der Waals surface area contributed by atoms with Crippen molar-refractivity contribution in [1.29, 1.82) is 5.26 Å². The summed E-state index contributed by atoms with van der Waals surface area (Å²) < 4.78 is 10.6. The molecule has 1 heterocycles. The van der Waals surface area contributed by atoms with E-state index in [1.807, 2.05) is 43.3 Å². The minimum atomic E-state index is -0.594. The molecular weight excluding hydrogens is 424 g/mol. The molecule has 0 bridgehead atoms. The van der Waals surface area contributed by atoms with Crippen molar-refractivity contribution in [3.63, 3.8) is 0 Å². The lowest BCUT2D eigenvalue weighted by molar-refractivity contribution is -0.112. The summed E-state index contributed by atoms with van der Waals surface area (Å²) in [7, 11) is 1.29. The first-order valence-corrected chi connectivity index (χ1v) is 10.6. The Morgan fingerprint density at radius 3 is 2.41 bits per heavy atom. The third kappa shape index (κ3) is 5.42. The maximum atomic E-state index is 12.7. The van der Waals surface area contributed by atoms with Crippen molar-refractivity contribution in [2.45, 2.75) is 20.5 Å². The number of ether oxygens (including phenoxy) is 2. The lowest BCUT2D eigenvalue weighted by Crippen LogP contribution is -2.15. The molecule has 7 heteroatoms. The van der Waals surface area contributed by atoms with Crippen molar-refractivity contribution in [2.75, 3.05) is 12.4 Å². The molecule has 1 amide bonds. The highest BCUT2D eigenvalue weighted by Gasteiger charge is 2.22. The smallest absolute Gasteiger partial charge is 0.341 e. The van der Waals surface area contributed by atoms with Gasteiger partial charge in [0.1, 0.15) is 29.0 Å². The second-order valence-corrected chi connectivity index (χ2v) is 8.17. The number of carbonyl (C=O) groups is 2. The first kappa shape index (κ1) is 22.8. The van der Waals surface area contributed by atoms with Crippen LogP contribution >= 0.6 is 11.3 Å². The number of carbonyl (C=O) groups excluding carboxylic acids is 2. The molecule has 162 valence electrons. The van der Waals surface area contributed by atoms with Crippen molar-refractivity contribution < 1.29 is 19.1 Å². The number of amides is 1. The van der Waals surface area contributed by atoms with Gasteiger partial charge in [-0.1, -0.05) is 42.5 Å². The van der Waals surface area contributed by atoms with Gasteiger partial charge in [0.05, 0.1) is 12.7 Å². The molecule has 0 aliphatic carbocycles. The lowest BCUT2D eigenvalue weighted by atomic mass is 10.1. The molecule has 1 N–H and O–H groups in total. The summed E-state index contributed by atoms with van der Waals surface area (Å²) in [6.07, 6.45) is 1.49. The largest absolute Gasteiger partial charge is 0.489 e. The highest BCUT2D eigenvalue weighted by molar-refractivity contribution is 7.16. The zero-order valence-corrected chi connectivity index (χ0v) is 18.8. The number of esters is 1. The van der Waals surface area contributed by atoms with Crippen LogP contribution < -0.4 is 10.1 Å². The Bertz CT molecular complexity index is 1190. The van der Waals surface area contributed by atoms with Crippen molar-refractivity contribution >= 4 is 34.3 Å².